The Kier molecular flexibility index (Phi) is 15.9. The van der Waals surface area contributed by atoms with Crippen molar-refractivity contribution in [1.29, 1.82) is 0 Å². The molecule has 5 rings (SSSR count). The number of ether oxygens (including phenoxy) is 5. The van der Waals surface area contributed by atoms with Crippen molar-refractivity contribution in [3.05, 3.63) is 60.7 Å². The van der Waals surface area contributed by atoms with Gasteiger partial charge in [0.25, 0.3) is 0 Å². The number of allylic oxidation sites excluding steroid dienone is 1. The van der Waals surface area contributed by atoms with Crippen molar-refractivity contribution in [2.75, 3.05) is 52.1 Å². The van der Waals surface area contributed by atoms with Crippen LogP contribution in [-0.2, 0) is 19.0 Å². The zero-order valence-corrected chi connectivity index (χ0v) is 32.1. The summed E-state index contributed by atoms with van der Waals surface area (Å²) in [4.78, 5) is 21.9. The van der Waals surface area contributed by atoms with Crippen molar-refractivity contribution in [1.82, 2.24) is 4.90 Å². The first-order chi connectivity index (χ1) is 26.0. The average Bonchev–Trinajstić information content (AvgIpc) is 3.18. The molecule has 0 spiro atoms. The summed E-state index contributed by atoms with van der Waals surface area (Å²) in [5.74, 6) is -0.199. The molecule has 11 nitrogen and oxygen atoms in total. The summed E-state index contributed by atoms with van der Waals surface area (Å²) in [7, 11) is 0. The molecule has 0 bridgehead atoms. The number of carbonyl (C=O) groups excluding carboxylic acids is 1. The summed E-state index contributed by atoms with van der Waals surface area (Å²) >= 11 is 5.99. The van der Waals surface area contributed by atoms with Gasteiger partial charge in [-0.3, -0.25) is 4.90 Å². The van der Waals surface area contributed by atoms with E-state index in [1.54, 1.807) is 17.1 Å². The van der Waals surface area contributed by atoms with Crippen LogP contribution in [0.2, 0.25) is 0 Å². The van der Waals surface area contributed by atoms with Crippen LogP contribution < -0.4 is 9.47 Å². The summed E-state index contributed by atoms with van der Waals surface area (Å²) < 4.78 is 31.9. The van der Waals surface area contributed by atoms with Gasteiger partial charge in [-0.15, -0.1) is 18.2 Å². The van der Waals surface area contributed by atoms with Gasteiger partial charge in [0.1, 0.15) is 30.8 Å². The summed E-state index contributed by atoms with van der Waals surface area (Å²) in [5.41, 5.74) is 2.67. The van der Waals surface area contributed by atoms with Gasteiger partial charge < -0.3 is 38.7 Å². The Hall–Kier alpha value is -3.09. The molecule has 294 valence electrons. The molecule has 4 aliphatic rings. The van der Waals surface area contributed by atoms with Gasteiger partial charge in [0.15, 0.2) is 0 Å². The fourth-order valence-corrected chi connectivity index (χ4v) is 8.71. The van der Waals surface area contributed by atoms with E-state index in [1.807, 2.05) is 19.1 Å². The van der Waals surface area contributed by atoms with Crippen LogP contribution in [0.25, 0.3) is 0 Å². The minimum Gasteiger partial charge on any atom is -0.490 e. The highest BCUT2D eigenvalue weighted by molar-refractivity contribution is 6.18. The van der Waals surface area contributed by atoms with Gasteiger partial charge in [0.2, 0.25) is 12.1 Å². The second kappa shape index (κ2) is 20.6. The first kappa shape index (κ1) is 41.1. The number of aliphatic hydroxyl groups excluding tert-OH is 2. The largest absolute Gasteiger partial charge is 0.490 e. The van der Waals surface area contributed by atoms with Crippen LogP contribution in [0.5, 0.6) is 11.5 Å². The lowest BCUT2D eigenvalue weighted by Crippen LogP contribution is -2.70. The number of hydrogen-bond donors (Lipinski definition) is 2. The second-order valence-electron chi connectivity index (χ2n) is 14.3. The molecule has 12 heteroatoms. The molecule has 7 atom stereocenters. The molecule has 1 unspecified atom stereocenters. The van der Waals surface area contributed by atoms with Crippen molar-refractivity contribution in [3.8, 4) is 11.5 Å². The minimum absolute atomic E-state index is 0.0632. The number of halogens is 1. The smallest absolute Gasteiger partial charge is 0.410 e. The maximum atomic E-state index is 14.0. The number of nitrogens with zero attached hydrogens (tertiary/aromatic N) is 2. The van der Waals surface area contributed by atoms with E-state index in [-0.39, 0.29) is 56.5 Å². The highest BCUT2D eigenvalue weighted by Gasteiger charge is 2.65. The fraction of sp³-hybridized carbons (Fsp3) is 0.659. The Bertz CT molecular complexity index is 1420. The predicted octanol–water partition coefficient (Wildman–Crippen LogP) is 7.50. The van der Waals surface area contributed by atoms with Crippen LogP contribution in [0.15, 0.2) is 60.3 Å². The molecule has 2 N–H and O–H groups in total. The number of unbranched alkanes of at least 4 members (excludes halogenated alkanes) is 2. The van der Waals surface area contributed by atoms with Gasteiger partial charge in [-0.25, -0.2) is 4.79 Å². The number of amides is 1. The lowest BCUT2D eigenvalue weighted by atomic mass is 9.55. The Balaban J connectivity index is 1.76. The Morgan fingerprint density at radius 2 is 1.91 bits per heavy atom. The Morgan fingerprint density at radius 3 is 2.60 bits per heavy atom. The minimum atomic E-state index is -1.36. The number of alkyl halides is 1. The third-order valence-corrected chi connectivity index (χ3v) is 11.0. The number of carbonyl (C=O) groups is 1. The molecular formula is C41H59ClN2O9. The standard InChI is InChI=1S/C41H59ClN2O9/c1-4-19-44(40(47)50-25-18-42)36-28-34(43-53-37-15-9-12-24-49-37)32-26-29(13-7-10-20-45)31(14-8-11-21-46)38-33-27-30(48-22-5-2)16-17-35(33)52-41(36,39(32)38)51-23-6-3/h5-6,16-17,26-27,29,31,36-39,45-46H,2-4,7-15,18-25,28H2,1H3/t29-,31+,36-,37?,38+,39+,41+/m0/s1. The lowest BCUT2D eigenvalue weighted by molar-refractivity contribution is -0.255. The maximum absolute atomic E-state index is 14.0. The highest BCUT2D eigenvalue weighted by atomic mass is 35.5. The molecule has 1 saturated heterocycles. The van der Waals surface area contributed by atoms with E-state index in [0.29, 0.717) is 50.5 Å². The van der Waals surface area contributed by atoms with Crippen LogP contribution in [0.3, 0.4) is 0 Å². The van der Waals surface area contributed by atoms with E-state index in [4.69, 9.17) is 45.3 Å². The van der Waals surface area contributed by atoms with Crippen LogP contribution in [0.4, 0.5) is 4.79 Å². The van der Waals surface area contributed by atoms with E-state index in [2.05, 4.69) is 25.3 Å². The van der Waals surface area contributed by atoms with E-state index in [1.165, 1.54) is 0 Å². The van der Waals surface area contributed by atoms with Gasteiger partial charge in [0.05, 0.1) is 30.7 Å². The first-order valence-electron chi connectivity index (χ1n) is 19.5. The van der Waals surface area contributed by atoms with Crippen LogP contribution in [-0.4, -0.2) is 97.1 Å². The van der Waals surface area contributed by atoms with Crippen molar-refractivity contribution in [2.45, 2.75) is 102 Å². The summed E-state index contributed by atoms with van der Waals surface area (Å²) in [6, 6.07) is 5.23. The van der Waals surface area contributed by atoms with Crippen LogP contribution >= 0.6 is 11.6 Å². The fourth-order valence-electron chi connectivity index (χ4n) is 8.63. The summed E-state index contributed by atoms with van der Waals surface area (Å²) in [6.45, 7) is 11.7. The molecular weight excluding hydrogens is 700 g/mol. The molecule has 2 heterocycles. The SMILES string of the molecule is C=CCOc1ccc2c(c1)[C@H]1[C@H](CCCCO)[C@@H](CCCCO)C=C3C(=NOC4CCCCO4)C[C@H](N(CCC)C(=O)OCCCl)[C@@](OCC=C)(O2)[C@H]31. The number of aliphatic hydroxyl groups is 2. The maximum Gasteiger partial charge on any atom is 0.410 e. The molecule has 1 saturated carbocycles. The topological polar surface area (TPSA) is 129 Å². The van der Waals surface area contributed by atoms with Gasteiger partial charge in [0, 0.05) is 44.1 Å². The molecule has 0 radical (unpaired) electrons. The number of oxime groups is 1. The van der Waals surface area contributed by atoms with Gasteiger partial charge in [-0.1, -0.05) is 49.7 Å². The van der Waals surface area contributed by atoms with E-state index in [0.717, 1.165) is 61.8 Å². The number of fused-ring (bicyclic) bond motifs is 2. The van der Waals surface area contributed by atoms with Crippen molar-refractivity contribution >= 4 is 23.4 Å². The Morgan fingerprint density at radius 1 is 1.11 bits per heavy atom. The molecule has 0 aromatic heterocycles. The molecule has 53 heavy (non-hydrogen) atoms. The highest BCUT2D eigenvalue weighted by Crippen LogP contribution is 2.62. The van der Waals surface area contributed by atoms with Crippen molar-refractivity contribution in [3.63, 3.8) is 0 Å². The van der Waals surface area contributed by atoms with Crippen molar-refractivity contribution < 1.29 is 43.5 Å². The van der Waals surface area contributed by atoms with Gasteiger partial charge in [-0.2, -0.15) is 0 Å². The molecule has 1 amide bonds. The number of benzene rings is 1. The molecule has 2 aliphatic heterocycles. The molecule has 2 aliphatic carbocycles. The third-order valence-electron chi connectivity index (χ3n) is 10.8. The lowest BCUT2D eigenvalue weighted by Gasteiger charge is -2.60. The third kappa shape index (κ3) is 9.60. The molecule has 2 fully saturated rings. The van der Waals surface area contributed by atoms with Crippen LogP contribution in [0.1, 0.15) is 89.0 Å². The summed E-state index contributed by atoms with van der Waals surface area (Å²) in [5, 5.41) is 24.5. The van der Waals surface area contributed by atoms with E-state index in [9.17, 15) is 15.0 Å². The van der Waals surface area contributed by atoms with E-state index >= 15 is 0 Å². The van der Waals surface area contributed by atoms with Crippen molar-refractivity contribution in [2.24, 2.45) is 22.9 Å². The molecule has 1 aromatic rings. The number of rotatable bonds is 21. The summed E-state index contributed by atoms with van der Waals surface area (Å²) in [6.07, 6.45) is 13.2. The predicted molar refractivity (Wildman–Crippen MR) is 204 cm³/mol. The zero-order chi connectivity index (χ0) is 37.6. The van der Waals surface area contributed by atoms with Gasteiger partial charge >= 0.3 is 6.09 Å². The molecule has 1 aromatic carbocycles. The van der Waals surface area contributed by atoms with Crippen LogP contribution in [0, 0.1) is 17.8 Å². The average molecular weight is 759 g/mol. The monoisotopic (exact) mass is 758 g/mol. The first-order valence-corrected chi connectivity index (χ1v) is 20.1. The zero-order valence-electron chi connectivity index (χ0n) is 31.3. The van der Waals surface area contributed by atoms with Gasteiger partial charge in [-0.05, 0) is 80.6 Å². The Labute approximate surface area is 319 Å². The second-order valence-corrected chi connectivity index (χ2v) is 14.6. The van der Waals surface area contributed by atoms with E-state index < -0.39 is 30.1 Å². The number of hydrogen-bond acceptors (Lipinski definition) is 10. The normalized spacial score (nSPS) is 28.2. The quantitative estimate of drug-likeness (QED) is 0.0567.